The van der Waals surface area contributed by atoms with Crippen LogP contribution in [0.2, 0.25) is 0 Å². The number of benzene rings is 2. The van der Waals surface area contributed by atoms with Gasteiger partial charge in [0, 0.05) is 36.8 Å². The van der Waals surface area contributed by atoms with E-state index in [2.05, 4.69) is 10.2 Å². The highest BCUT2D eigenvalue weighted by Crippen LogP contribution is 2.38. The second-order valence-corrected chi connectivity index (χ2v) is 13.0. The average molecular weight is 585 g/mol. The first-order chi connectivity index (χ1) is 20.4. The van der Waals surface area contributed by atoms with Crippen LogP contribution in [0.4, 0.5) is 0 Å². The van der Waals surface area contributed by atoms with Gasteiger partial charge >= 0.3 is 0 Å². The fraction of sp³-hybridized carbons (Fsp3) is 0.471. The lowest BCUT2D eigenvalue weighted by molar-refractivity contribution is -0.152. The van der Waals surface area contributed by atoms with E-state index in [4.69, 9.17) is 4.42 Å². The van der Waals surface area contributed by atoms with Gasteiger partial charge in [-0.3, -0.25) is 19.2 Å². The standard InChI is InChI=1S/C34H40N4O5/c1-7-33(3,4)27(39)31(41)37-19-23-15-11-9-13-21(23)17-25(37)29-35-36-30(43-29)26-18-22-14-10-12-16-24(22)20-38(26)32(42)28(40)34(5,6)8-2/h9-16,25-26H,7-8,17-20H2,1-6H3. The lowest BCUT2D eigenvalue weighted by Crippen LogP contribution is -2.46. The average Bonchev–Trinajstić information content (AvgIpc) is 3.52. The molecule has 0 saturated heterocycles. The SMILES string of the molecule is CCC(C)(C)C(=O)C(=O)N1Cc2ccccc2CC1c1nnc(C2Cc3ccccc3CN2C(=O)C(=O)C(C)(C)CC)o1. The number of hydrogen-bond acceptors (Lipinski definition) is 7. The van der Waals surface area contributed by atoms with Crippen LogP contribution < -0.4 is 0 Å². The Hall–Kier alpha value is -4.14. The Morgan fingerprint density at radius 1 is 0.674 bits per heavy atom. The molecule has 9 nitrogen and oxygen atoms in total. The first kappa shape index (κ1) is 30.3. The van der Waals surface area contributed by atoms with Gasteiger partial charge < -0.3 is 14.2 Å². The number of amides is 2. The number of rotatable bonds is 8. The van der Waals surface area contributed by atoms with E-state index in [0.717, 1.165) is 22.3 Å². The van der Waals surface area contributed by atoms with Crippen molar-refractivity contribution in [2.24, 2.45) is 10.8 Å². The maximum Gasteiger partial charge on any atom is 0.291 e. The highest BCUT2D eigenvalue weighted by atomic mass is 16.4. The van der Waals surface area contributed by atoms with Crippen molar-refractivity contribution in [3.05, 3.63) is 82.6 Å². The van der Waals surface area contributed by atoms with Crippen LogP contribution in [-0.4, -0.2) is 43.4 Å². The van der Waals surface area contributed by atoms with Crippen molar-refractivity contribution in [2.45, 2.75) is 92.4 Å². The highest BCUT2D eigenvalue weighted by molar-refractivity contribution is 6.38. The molecule has 0 fully saturated rings. The molecule has 0 saturated carbocycles. The maximum atomic E-state index is 13.7. The van der Waals surface area contributed by atoms with E-state index in [0.29, 0.717) is 25.7 Å². The number of carbonyl (C=O) groups excluding carboxylic acids is 4. The molecule has 2 unspecified atom stereocenters. The molecule has 3 aromatic rings. The Labute approximate surface area is 252 Å². The minimum absolute atomic E-state index is 0.200. The second-order valence-electron chi connectivity index (χ2n) is 13.0. The van der Waals surface area contributed by atoms with Gasteiger partial charge in [0.25, 0.3) is 11.8 Å². The Bertz CT molecular complexity index is 1460. The summed E-state index contributed by atoms with van der Waals surface area (Å²) in [6.45, 7) is 11.4. The summed E-state index contributed by atoms with van der Waals surface area (Å²) >= 11 is 0. The lowest BCUT2D eigenvalue weighted by atomic mass is 9.83. The summed E-state index contributed by atoms with van der Waals surface area (Å²) in [5.74, 6) is -1.68. The second kappa shape index (κ2) is 11.5. The molecule has 0 N–H and O–H groups in total. The summed E-state index contributed by atoms with van der Waals surface area (Å²) in [6.07, 6.45) is 1.86. The zero-order valence-electron chi connectivity index (χ0n) is 25.8. The first-order valence-electron chi connectivity index (χ1n) is 15.1. The van der Waals surface area contributed by atoms with Crippen molar-refractivity contribution in [3.63, 3.8) is 0 Å². The number of hydrogen-bond donors (Lipinski definition) is 0. The van der Waals surface area contributed by atoms with Gasteiger partial charge in [0.05, 0.1) is 0 Å². The molecule has 2 amide bonds. The molecular formula is C34H40N4O5. The van der Waals surface area contributed by atoms with E-state index in [1.54, 1.807) is 27.7 Å². The van der Waals surface area contributed by atoms with E-state index in [9.17, 15) is 19.2 Å². The van der Waals surface area contributed by atoms with Crippen molar-refractivity contribution < 1.29 is 23.6 Å². The molecule has 43 heavy (non-hydrogen) atoms. The third-order valence-corrected chi connectivity index (χ3v) is 9.43. The van der Waals surface area contributed by atoms with Crippen LogP contribution in [0.1, 0.15) is 101 Å². The Balaban J connectivity index is 1.52. The number of ketones is 2. The summed E-state index contributed by atoms with van der Waals surface area (Å²) in [6, 6.07) is 14.3. The molecule has 2 aromatic carbocycles. The fourth-order valence-corrected chi connectivity index (χ4v) is 5.59. The lowest BCUT2D eigenvalue weighted by Gasteiger charge is -2.37. The Kier molecular flexibility index (Phi) is 8.11. The number of nitrogens with zero attached hydrogens (tertiary/aromatic N) is 4. The molecule has 1 aromatic heterocycles. The molecule has 0 aliphatic carbocycles. The first-order valence-corrected chi connectivity index (χ1v) is 15.1. The van der Waals surface area contributed by atoms with E-state index < -0.39 is 46.3 Å². The molecular weight excluding hydrogens is 544 g/mol. The summed E-state index contributed by atoms with van der Waals surface area (Å²) in [7, 11) is 0. The molecule has 0 bridgehead atoms. The molecule has 226 valence electrons. The van der Waals surface area contributed by atoms with Gasteiger partial charge in [0.15, 0.2) is 0 Å². The van der Waals surface area contributed by atoms with Crippen LogP contribution in [0.15, 0.2) is 52.9 Å². The predicted octanol–water partition coefficient (Wildman–Crippen LogP) is 5.33. The van der Waals surface area contributed by atoms with E-state index in [1.165, 1.54) is 9.80 Å². The van der Waals surface area contributed by atoms with Crippen molar-refractivity contribution in [3.8, 4) is 0 Å². The maximum absolute atomic E-state index is 13.7. The van der Waals surface area contributed by atoms with Crippen molar-refractivity contribution in [2.75, 3.05) is 0 Å². The van der Waals surface area contributed by atoms with Crippen LogP contribution in [0.25, 0.3) is 0 Å². The van der Waals surface area contributed by atoms with Crippen molar-refractivity contribution in [1.82, 2.24) is 20.0 Å². The summed E-state index contributed by atoms with van der Waals surface area (Å²) in [5.41, 5.74) is 2.38. The number of Topliss-reactive ketones (excluding diaryl/α,β-unsaturated/α-hetero) is 2. The number of carbonyl (C=O) groups is 4. The van der Waals surface area contributed by atoms with Crippen LogP contribution in [0.3, 0.4) is 0 Å². The van der Waals surface area contributed by atoms with Gasteiger partial charge in [0.1, 0.15) is 12.1 Å². The smallest absolute Gasteiger partial charge is 0.291 e. The van der Waals surface area contributed by atoms with Crippen LogP contribution in [0, 0.1) is 10.8 Å². The zero-order valence-corrected chi connectivity index (χ0v) is 25.8. The molecule has 2 aliphatic rings. The molecule has 0 radical (unpaired) electrons. The van der Waals surface area contributed by atoms with E-state index in [-0.39, 0.29) is 24.9 Å². The molecule has 5 rings (SSSR count). The summed E-state index contributed by atoms with van der Waals surface area (Å²) < 4.78 is 6.30. The Morgan fingerprint density at radius 3 is 1.37 bits per heavy atom. The minimum Gasteiger partial charge on any atom is -0.421 e. The highest BCUT2D eigenvalue weighted by Gasteiger charge is 2.44. The molecule has 2 aliphatic heterocycles. The predicted molar refractivity (Wildman–Crippen MR) is 159 cm³/mol. The Morgan fingerprint density at radius 2 is 1.02 bits per heavy atom. The zero-order chi connectivity index (χ0) is 31.1. The quantitative estimate of drug-likeness (QED) is 0.329. The third-order valence-electron chi connectivity index (χ3n) is 9.43. The van der Waals surface area contributed by atoms with Gasteiger partial charge in [-0.05, 0) is 35.1 Å². The van der Waals surface area contributed by atoms with Crippen LogP contribution >= 0.6 is 0 Å². The normalized spacial score (nSPS) is 18.6. The minimum atomic E-state index is -0.812. The fourth-order valence-electron chi connectivity index (χ4n) is 5.59. The van der Waals surface area contributed by atoms with Gasteiger partial charge in [-0.25, -0.2) is 0 Å². The number of fused-ring (bicyclic) bond motifs is 2. The van der Waals surface area contributed by atoms with E-state index >= 15 is 0 Å². The largest absolute Gasteiger partial charge is 0.421 e. The van der Waals surface area contributed by atoms with Gasteiger partial charge in [-0.2, -0.15) is 0 Å². The van der Waals surface area contributed by atoms with Crippen molar-refractivity contribution in [1.29, 1.82) is 0 Å². The topological polar surface area (TPSA) is 114 Å². The molecule has 3 heterocycles. The van der Waals surface area contributed by atoms with Gasteiger partial charge in [0.2, 0.25) is 23.3 Å². The molecule has 0 spiro atoms. The van der Waals surface area contributed by atoms with Gasteiger partial charge in [-0.15, -0.1) is 10.2 Å². The molecule has 2 atom stereocenters. The van der Waals surface area contributed by atoms with Gasteiger partial charge in [-0.1, -0.05) is 90.1 Å². The van der Waals surface area contributed by atoms with Crippen LogP contribution in [-0.2, 0) is 45.1 Å². The van der Waals surface area contributed by atoms with Crippen molar-refractivity contribution >= 4 is 23.4 Å². The number of aromatic nitrogens is 2. The summed E-state index contributed by atoms with van der Waals surface area (Å²) in [5, 5.41) is 8.75. The van der Waals surface area contributed by atoms with E-state index in [1.807, 2.05) is 62.4 Å². The molecule has 9 heteroatoms. The summed E-state index contributed by atoms with van der Waals surface area (Å²) in [4.78, 5) is 57.0. The van der Waals surface area contributed by atoms with Crippen LogP contribution in [0.5, 0.6) is 0 Å². The monoisotopic (exact) mass is 584 g/mol. The third kappa shape index (κ3) is 5.65.